The van der Waals surface area contributed by atoms with Gasteiger partial charge in [0.05, 0.1) is 12.0 Å². The SMILES string of the molecule is Cc1cc2c(cc1Cl)C(=O)CC1(CCN(C(=O)CCBr)CC1)O2. The third-order valence-corrected chi connectivity index (χ3v) is 5.51. The van der Waals surface area contributed by atoms with Gasteiger partial charge in [0.25, 0.3) is 0 Å². The van der Waals surface area contributed by atoms with E-state index in [0.29, 0.717) is 60.4 Å². The summed E-state index contributed by atoms with van der Waals surface area (Å²) in [4.78, 5) is 26.4. The van der Waals surface area contributed by atoms with Crippen LogP contribution in [-0.2, 0) is 4.79 Å². The minimum absolute atomic E-state index is 0.0772. The number of alkyl halides is 1. The number of aryl methyl sites for hydroxylation is 1. The summed E-state index contributed by atoms with van der Waals surface area (Å²) in [6.07, 6.45) is 2.24. The topological polar surface area (TPSA) is 46.6 Å². The second-order valence-electron chi connectivity index (χ2n) is 6.30. The zero-order valence-electron chi connectivity index (χ0n) is 13.0. The molecule has 3 rings (SSSR count). The first-order valence-electron chi connectivity index (χ1n) is 7.80. The molecule has 1 fully saturated rings. The van der Waals surface area contributed by atoms with E-state index in [-0.39, 0.29) is 11.7 Å². The van der Waals surface area contributed by atoms with Crippen LogP contribution in [0.3, 0.4) is 0 Å². The summed E-state index contributed by atoms with van der Waals surface area (Å²) in [5, 5.41) is 1.27. The largest absolute Gasteiger partial charge is 0.486 e. The second kappa shape index (κ2) is 6.44. The summed E-state index contributed by atoms with van der Waals surface area (Å²) in [6, 6.07) is 3.55. The molecule has 0 aliphatic carbocycles. The van der Waals surface area contributed by atoms with Gasteiger partial charge in [0.15, 0.2) is 5.78 Å². The average Bonchev–Trinajstić information content (AvgIpc) is 2.50. The summed E-state index contributed by atoms with van der Waals surface area (Å²) in [6.45, 7) is 3.18. The van der Waals surface area contributed by atoms with Gasteiger partial charge in [0.2, 0.25) is 5.91 Å². The Morgan fingerprint density at radius 1 is 1.39 bits per heavy atom. The number of hydrogen-bond acceptors (Lipinski definition) is 3. The number of likely N-dealkylation sites (tertiary alicyclic amines) is 1. The molecule has 0 bridgehead atoms. The summed E-state index contributed by atoms with van der Waals surface area (Å²) in [5.41, 5.74) is 0.999. The van der Waals surface area contributed by atoms with Crippen molar-refractivity contribution in [2.75, 3.05) is 18.4 Å². The Hall–Kier alpha value is -1.07. The summed E-state index contributed by atoms with van der Waals surface area (Å²) < 4.78 is 6.23. The van der Waals surface area contributed by atoms with Crippen molar-refractivity contribution in [2.45, 2.75) is 38.2 Å². The van der Waals surface area contributed by atoms with Gasteiger partial charge in [-0.2, -0.15) is 0 Å². The molecule has 1 spiro atoms. The number of rotatable bonds is 2. The third-order valence-electron chi connectivity index (χ3n) is 4.71. The molecule has 1 saturated heterocycles. The van der Waals surface area contributed by atoms with Gasteiger partial charge in [-0.15, -0.1) is 0 Å². The lowest BCUT2D eigenvalue weighted by molar-refractivity contribution is -0.134. The van der Waals surface area contributed by atoms with Crippen LogP contribution in [0.2, 0.25) is 5.02 Å². The van der Waals surface area contributed by atoms with Gasteiger partial charge < -0.3 is 9.64 Å². The highest BCUT2D eigenvalue weighted by Gasteiger charge is 2.43. The molecule has 0 radical (unpaired) electrons. The molecule has 6 heteroatoms. The fourth-order valence-electron chi connectivity index (χ4n) is 3.30. The van der Waals surface area contributed by atoms with Crippen LogP contribution in [0.25, 0.3) is 0 Å². The van der Waals surface area contributed by atoms with Crippen LogP contribution in [-0.4, -0.2) is 40.6 Å². The standard InChI is InChI=1S/C17H19BrClNO3/c1-11-8-15-12(9-13(11)19)14(21)10-17(23-15)3-6-20(7-4-17)16(22)2-5-18/h8-9H,2-7,10H2,1H3. The second-order valence-corrected chi connectivity index (χ2v) is 7.50. The number of amides is 1. The highest BCUT2D eigenvalue weighted by atomic mass is 79.9. The molecule has 0 aromatic heterocycles. The van der Waals surface area contributed by atoms with Crippen LogP contribution in [0, 0.1) is 6.92 Å². The lowest BCUT2D eigenvalue weighted by Gasteiger charge is -2.44. The number of nitrogens with zero attached hydrogens (tertiary/aromatic N) is 1. The van der Waals surface area contributed by atoms with Crippen molar-refractivity contribution >= 4 is 39.2 Å². The molecule has 1 aromatic carbocycles. The molecule has 2 aliphatic rings. The van der Waals surface area contributed by atoms with Crippen molar-refractivity contribution in [1.82, 2.24) is 4.90 Å². The minimum Gasteiger partial charge on any atom is -0.486 e. The smallest absolute Gasteiger partial charge is 0.223 e. The number of Topliss-reactive ketones (excluding diaryl/α,β-unsaturated/α-hetero) is 1. The van der Waals surface area contributed by atoms with E-state index < -0.39 is 5.60 Å². The van der Waals surface area contributed by atoms with Gasteiger partial charge in [0.1, 0.15) is 11.4 Å². The van der Waals surface area contributed by atoms with Gasteiger partial charge in [-0.1, -0.05) is 27.5 Å². The van der Waals surface area contributed by atoms with Crippen LogP contribution in [0.15, 0.2) is 12.1 Å². The first-order valence-corrected chi connectivity index (χ1v) is 9.30. The van der Waals surface area contributed by atoms with Crippen molar-refractivity contribution < 1.29 is 14.3 Å². The lowest BCUT2D eigenvalue weighted by Crippen LogP contribution is -2.52. The van der Waals surface area contributed by atoms with Crippen LogP contribution in [0.5, 0.6) is 5.75 Å². The Balaban J connectivity index is 1.77. The molecule has 4 nitrogen and oxygen atoms in total. The molecule has 0 atom stereocenters. The van der Waals surface area contributed by atoms with Crippen molar-refractivity contribution in [3.8, 4) is 5.75 Å². The van der Waals surface area contributed by atoms with Gasteiger partial charge in [-0.3, -0.25) is 9.59 Å². The predicted octanol–water partition coefficient (Wildman–Crippen LogP) is 3.76. The van der Waals surface area contributed by atoms with Crippen molar-refractivity contribution in [3.63, 3.8) is 0 Å². The molecular weight excluding hydrogens is 382 g/mol. The zero-order valence-corrected chi connectivity index (χ0v) is 15.4. The fraction of sp³-hybridized carbons (Fsp3) is 0.529. The quantitative estimate of drug-likeness (QED) is 0.710. The number of ether oxygens (including phenoxy) is 1. The number of ketones is 1. The van der Waals surface area contributed by atoms with Crippen LogP contribution < -0.4 is 4.74 Å². The maximum Gasteiger partial charge on any atom is 0.223 e. The van der Waals surface area contributed by atoms with E-state index in [1.807, 2.05) is 17.9 Å². The van der Waals surface area contributed by atoms with E-state index in [2.05, 4.69) is 15.9 Å². The maximum atomic E-state index is 12.5. The molecule has 0 unspecified atom stereocenters. The van der Waals surface area contributed by atoms with Gasteiger partial charge in [-0.25, -0.2) is 0 Å². The summed E-state index contributed by atoms with van der Waals surface area (Å²) in [7, 11) is 0. The molecule has 2 aliphatic heterocycles. The number of carbonyl (C=O) groups is 2. The number of carbonyl (C=O) groups excluding carboxylic acids is 2. The number of piperidine rings is 1. The number of benzene rings is 1. The van der Waals surface area contributed by atoms with Crippen molar-refractivity contribution in [2.24, 2.45) is 0 Å². The van der Waals surface area contributed by atoms with Crippen molar-refractivity contribution in [3.05, 3.63) is 28.3 Å². The molecule has 1 aromatic rings. The molecule has 1 amide bonds. The molecule has 124 valence electrons. The van der Waals surface area contributed by atoms with Crippen molar-refractivity contribution in [1.29, 1.82) is 0 Å². The average molecular weight is 401 g/mol. The Kier molecular flexibility index (Phi) is 4.70. The normalized spacial score (nSPS) is 19.4. The monoisotopic (exact) mass is 399 g/mol. The number of fused-ring (bicyclic) bond motifs is 1. The molecular formula is C17H19BrClNO3. The summed E-state index contributed by atoms with van der Waals surface area (Å²) >= 11 is 9.41. The molecule has 2 heterocycles. The highest BCUT2D eigenvalue weighted by Crippen LogP contribution is 2.41. The van der Waals surface area contributed by atoms with Crippen LogP contribution >= 0.6 is 27.5 Å². The Bertz CT molecular complexity index is 653. The van der Waals surface area contributed by atoms with E-state index in [0.717, 1.165) is 5.56 Å². The minimum atomic E-state index is -0.477. The van der Waals surface area contributed by atoms with Gasteiger partial charge in [0, 0.05) is 42.7 Å². The van der Waals surface area contributed by atoms with E-state index >= 15 is 0 Å². The molecule has 0 saturated carbocycles. The number of hydrogen-bond donors (Lipinski definition) is 0. The van der Waals surface area contributed by atoms with E-state index in [4.69, 9.17) is 16.3 Å². The lowest BCUT2D eigenvalue weighted by atomic mass is 9.82. The van der Waals surface area contributed by atoms with Crippen LogP contribution in [0.4, 0.5) is 0 Å². The van der Waals surface area contributed by atoms with Crippen LogP contribution in [0.1, 0.15) is 41.6 Å². The number of halogens is 2. The van der Waals surface area contributed by atoms with E-state index in [1.165, 1.54) is 0 Å². The third kappa shape index (κ3) is 3.26. The highest BCUT2D eigenvalue weighted by molar-refractivity contribution is 9.09. The molecule has 0 N–H and O–H groups in total. The first-order chi connectivity index (χ1) is 10.9. The summed E-state index contributed by atoms with van der Waals surface area (Å²) in [5.74, 6) is 0.860. The molecule has 23 heavy (non-hydrogen) atoms. The maximum absolute atomic E-state index is 12.5. The predicted molar refractivity (Wildman–Crippen MR) is 92.7 cm³/mol. The Labute approximate surface area is 149 Å². The zero-order chi connectivity index (χ0) is 16.6. The first kappa shape index (κ1) is 16.8. The van der Waals surface area contributed by atoms with Gasteiger partial charge in [-0.05, 0) is 24.6 Å². The Morgan fingerprint density at radius 2 is 2.09 bits per heavy atom. The van der Waals surface area contributed by atoms with Gasteiger partial charge >= 0.3 is 0 Å². The fourth-order valence-corrected chi connectivity index (χ4v) is 3.80. The van der Waals surface area contributed by atoms with E-state index in [1.54, 1.807) is 6.07 Å². The van der Waals surface area contributed by atoms with E-state index in [9.17, 15) is 9.59 Å². The Morgan fingerprint density at radius 3 is 2.74 bits per heavy atom.